The lowest BCUT2D eigenvalue weighted by Crippen LogP contribution is -2.53. The molecular weight excluding hydrogens is 335 g/mol. The number of fused-ring (bicyclic) bond motifs is 2. The summed E-state index contributed by atoms with van der Waals surface area (Å²) in [6.07, 6.45) is 0.288. The molecule has 0 fully saturated rings. The van der Waals surface area contributed by atoms with Gasteiger partial charge in [-0.2, -0.15) is 0 Å². The fourth-order valence-electron chi connectivity index (χ4n) is 3.40. The summed E-state index contributed by atoms with van der Waals surface area (Å²) in [7, 11) is -1.32. The van der Waals surface area contributed by atoms with Gasteiger partial charge < -0.3 is 25.4 Å². The number of hydrogen-bond donors (Lipinski definition) is 4. The van der Waals surface area contributed by atoms with E-state index in [1.54, 1.807) is 18.2 Å². The average Bonchev–Trinajstić information content (AvgIpc) is 3.09. The van der Waals surface area contributed by atoms with E-state index in [0.717, 1.165) is 18.7 Å². The third-order valence-electron chi connectivity index (χ3n) is 4.77. The van der Waals surface area contributed by atoms with Crippen molar-refractivity contribution in [2.24, 2.45) is 0 Å². The van der Waals surface area contributed by atoms with Crippen LogP contribution >= 0.6 is 0 Å². The summed E-state index contributed by atoms with van der Waals surface area (Å²) >= 11 is 0. The minimum absolute atomic E-state index is 0.00236. The first-order valence-corrected chi connectivity index (χ1v) is 8.36. The van der Waals surface area contributed by atoms with Gasteiger partial charge in [-0.05, 0) is 41.3 Å². The second-order valence-corrected chi connectivity index (χ2v) is 6.48. The Balaban J connectivity index is 1.53. The van der Waals surface area contributed by atoms with E-state index in [9.17, 15) is 19.7 Å². The van der Waals surface area contributed by atoms with Gasteiger partial charge in [0.2, 0.25) is 0 Å². The van der Waals surface area contributed by atoms with Gasteiger partial charge in [-0.15, -0.1) is 0 Å². The monoisotopic (exact) mass is 352 g/mol. The number of hydrogen-bond acceptors (Lipinski definition) is 5. The third-order valence-corrected chi connectivity index (χ3v) is 4.77. The van der Waals surface area contributed by atoms with Crippen molar-refractivity contribution >= 4 is 19.0 Å². The molecule has 1 unspecified atom stereocenters. The second-order valence-electron chi connectivity index (χ2n) is 6.48. The standard InChI is InChI=1S/C18H17BN2O5/c22-17(11-4-5-12-8-20-9-13(12)6-11)21-15-7-10-2-1-3-14(18(23)24)16(10)26-19(15)25/h1-6,15,20,25H,7-9H2,(H,21,22)(H,23,24). The molecule has 26 heavy (non-hydrogen) atoms. The summed E-state index contributed by atoms with van der Waals surface area (Å²) in [6, 6.07) is 10.3. The molecule has 4 N–H and O–H groups in total. The van der Waals surface area contributed by atoms with Gasteiger partial charge in [0, 0.05) is 18.7 Å². The first kappa shape index (κ1) is 16.6. The summed E-state index contributed by atoms with van der Waals surface area (Å²) in [5.41, 5.74) is 3.42. The van der Waals surface area contributed by atoms with Crippen molar-refractivity contribution in [3.8, 4) is 5.75 Å². The summed E-state index contributed by atoms with van der Waals surface area (Å²) < 4.78 is 5.40. The number of para-hydroxylation sites is 1. The summed E-state index contributed by atoms with van der Waals surface area (Å²) in [5, 5.41) is 25.5. The van der Waals surface area contributed by atoms with E-state index >= 15 is 0 Å². The molecule has 0 aliphatic carbocycles. The smallest absolute Gasteiger partial charge is 0.534 e. The van der Waals surface area contributed by atoms with Gasteiger partial charge in [0.1, 0.15) is 5.75 Å². The molecule has 4 rings (SSSR count). The van der Waals surface area contributed by atoms with Crippen LogP contribution < -0.4 is 15.3 Å². The molecule has 2 heterocycles. The predicted octanol–water partition coefficient (Wildman–Crippen LogP) is 0.741. The highest BCUT2D eigenvalue weighted by atomic mass is 16.5. The Morgan fingerprint density at radius 2 is 1.96 bits per heavy atom. The van der Waals surface area contributed by atoms with E-state index in [1.165, 1.54) is 11.6 Å². The van der Waals surface area contributed by atoms with Crippen LogP contribution in [0.3, 0.4) is 0 Å². The molecule has 0 bridgehead atoms. The Morgan fingerprint density at radius 1 is 1.15 bits per heavy atom. The lowest BCUT2D eigenvalue weighted by atomic mass is 9.72. The number of aromatic carboxylic acids is 1. The van der Waals surface area contributed by atoms with Crippen molar-refractivity contribution in [2.45, 2.75) is 25.5 Å². The van der Waals surface area contributed by atoms with Crippen LogP contribution in [-0.4, -0.2) is 35.1 Å². The maximum atomic E-state index is 12.6. The Labute approximate surface area is 150 Å². The zero-order chi connectivity index (χ0) is 18.3. The molecule has 8 heteroatoms. The minimum atomic E-state index is -1.32. The van der Waals surface area contributed by atoms with Gasteiger partial charge in [-0.3, -0.25) is 4.79 Å². The molecular formula is C18H17BN2O5. The van der Waals surface area contributed by atoms with Gasteiger partial charge in [-0.25, -0.2) is 4.79 Å². The van der Waals surface area contributed by atoms with E-state index < -0.39 is 19.0 Å². The van der Waals surface area contributed by atoms with Crippen molar-refractivity contribution in [1.82, 2.24) is 10.6 Å². The Morgan fingerprint density at radius 3 is 2.77 bits per heavy atom. The normalized spacial score (nSPS) is 17.9. The number of carboxylic acid groups (broad SMARTS) is 1. The fraction of sp³-hybridized carbons (Fsp3) is 0.222. The lowest BCUT2D eigenvalue weighted by Gasteiger charge is -2.28. The molecule has 1 amide bonds. The van der Waals surface area contributed by atoms with Crippen LogP contribution in [0, 0.1) is 0 Å². The molecule has 2 aliphatic heterocycles. The summed E-state index contributed by atoms with van der Waals surface area (Å²) in [4.78, 5) is 23.8. The predicted molar refractivity (Wildman–Crippen MR) is 93.9 cm³/mol. The number of amides is 1. The molecule has 0 aromatic heterocycles. The maximum absolute atomic E-state index is 12.6. The van der Waals surface area contributed by atoms with Gasteiger partial charge in [0.15, 0.2) is 0 Å². The summed E-state index contributed by atoms with van der Waals surface area (Å²) in [5.74, 6) is -1.93. The van der Waals surface area contributed by atoms with E-state index in [4.69, 9.17) is 4.65 Å². The Kier molecular flexibility index (Phi) is 4.14. The Hall–Kier alpha value is -2.84. The largest absolute Gasteiger partial charge is 0.547 e. The van der Waals surface area contributed by atoms with Gasteiger partial charge >= 0.3 is 13.1 Å². The van der Waals surface area contributed by atoms with Crippen molar-refractivity contribution in [3.05, 3.63) is 64.2 Å². The quantitative estimate of drug-likeness (QED) is 0.607. The van der Waals surface area contributed by atoms with Crippen LogP contribution in [0.2, 0.25) is 0 Å². The molecule has 1 atom stereocenters. The van der Waals surface area contributed by atoms with Crippen molar-refractivity contribution < 1.29 is 24.4 Å². The maximum Gasteiger partial charge on any atom is 0.547 e. The van der Waals surface area contributed by atoms with Gasteiger partial charge in [0.25, 0.3) is 5.91 Å². The minimum Gasteiger partial charge on any atom is -0.534 e. The highest BCUT2D eigenvalue weighted by molar-refractivity contribution is 6.47. The lowest BCUT2D eigenvalue weighted by molar-refractivity contribution is 0.0693. The molecule has 0 radical (unpaired) electrons. The van der Waals surface area contributed by atoms with Gasteiger partial charge in [-0.1, -0.05) is 18.2 Å². The second kappa shape index (κ2) is 6.47. The van der Waals surface area contributed by atoms with Crippen LogP contribution in [0.1, 0.15) is 37.4 Å². The molecule has 0 spiro atoms. The zero-order valence-electron chi connectivity index (χ0n) is 13.9. The van der Waals surface area contributed by atoms with Crippen LogP contribution in [0.5, 0.6) is 5.75 Å². The number of carbonyl (C=O) groups excluding carboxylic acids is 1. The third kappa shape index (κ3) is 2.93. The highest BCUT2D eigenvalue weighted by Gasteiger charge is 2.37. The first-order chi connectivity index (χ1) is 12.5. The van der Waals surface area contributed by atoms with Crippen molar-refractivity contribution in [3.63, 3.8) is 0 Å². The molecule has 2 aromatic rings. The number of carboxylic acids is 1. The zero-order valence-corrected chi connectivity index (χ0v) is 13.9. The average molecular weight is 352 g/mol. The topological polar surface area (TPSA) is 108 Å². The summed E-state index contributed by atoms with van der Waals surface area (Å²) in [6.45, 7) is 1.53. The molecule has 7 nitrogen and oxygen atoms in total. The first-order valence-electron chi connectivity index (χ1n) is 8.36. The number of rotatable bonds is 3. The van der Waals surface area contributed by atoms with Crippen molar-refractivity contribution in [1.29, 1.82) is 0 Å². The van der Waals surface area contributed by atoms with Crippen LogP contribution in [-0.2, 0) is 19.5 Å². The van der Waals surface area contributed by atoms with E-state index in [2.05, 4.69) is 10.6 Å². The molecule has 0 saturated heterocycles. The van der Waals surface area contributed by atoms with Crippen LogP contribution in [0.25, 0.3) is 0 Å². The SMILES string of the molecule is O=C(NC1Cc2cccc(C(=O)O)c2OB1O)c1ccc2c(c1)CNC2. The Bertz CT molecular complexity index is 901. The van der Waals surface area contributed by atoms with E-state index in [1.807, 2.05) is 12.1 Å². The molecule has 132 valence electrons. The van der Waals surface area contributed by atoms with E-state index in [-0.39, 0.29) is 23.6 Å². The molecule has 2 aromatic carbocycles. The van der Waals surface area contributed by atoms with E-state index in [0.29, 0.717) is 11.1 Å². The molecule has 0 saturated carbocycles. The van der Waals surface area contributed by atoms with Crippen molar-refractivity contribution in [2.75, 3.05) is 0 Å². The number of carbonyl (C=O) groups is 2. The molecule has 2 aliphatic rings. The fourth-order valence-corrected chi connectivity index (χ4v) is 3.40. The van der Waals surface area contributed by atoms with Crippen LogP contribution in [0.4, 0.5) is 0 Å². The number of benzene rings is 2. The van der Waals surface area contributed by atoms with Crippen LogP contribution in [0.15, 0.2) is 36.4 Å². The highest BCUT2D eigenvalue weighted by Crippen LogP contribution is 2.30. The number of nitrogens with one attached hydrogen (secondary N) is 2. The van der Waals surface area contributed by atoms with Gasteiger partial charge in [0.05, 0.1) is 11.5 Å².